The highest BCUT2D eigenvalue weighted by atomic mass is 16.4. The van der Waals surface area contributed by atoms with Crippen molar-refractivity contribution in [3.63, 3.8) is 0 Å². The molecule has 96 valence electrons. The maximum absolute atomic E-state index is 11.6. The predicted octanol–water partition coefficient (Wildman–Crippen LogP) is 0.904. The zero-order chi connectivity index (χ0) is 13.3. The Morgan fingerprint density at radius 1 is 1.56 bits per heavy atom. The van der Waals surface area contributed by atoms with Crippen LogP contribution in [0, 0.1) is 12.8 Å². The lowest BCUT2D eigenvalue weighted by molar-refractivity contribution is -0.122. The summed E-state index contributed by atoms with van der Waals surface area (Å²) in [6.45, 7) is 3.08. The second-order valence-corrected chi connectivity index (χ2v) is 4.35. The smallest absolute Gasteiger partial charge is 0.348 e. The zero-order valence-electron chi connectivity index (χ0n) is 10.2. The highest BCUT2D eigenvalue weighted by Crippen LogP contribution is 2.28. The van der Waals surface area contributed by atoms with Crippen LogP contribution in [0.3, 0.4) is 0 Å². The fourth-order valence-corrected chi connectivity index (χ4v) is 1.56. The van der Waals surface area contributed by atoms with E-state index in [4.69, 9.17) is 4.42 Å². The number of hydrogen-bond acceptors (Lipinski definition) is 5. The largest absolute Gasteiger partial charge is 0.507 e. The van der Waals surface area contributed by atoms with E-state index in [9.17, 15) is 14.7 Å². The van der Waals surface area contributed by atoms with Gasteiger partial charge in [0.2, 0.25) is 5.91 Å². The molecular weight excluding hydrogens is 236 g/mol. The first kappa shape index (κ1) is 12.3. The summed E-state index contributed by atoms with van der Waals surface area (Å²) in [4.78, 5) is 23.0. The summed E-state index contributed by atoms with van der Waals surface area (Å²) in [7, 11) is 0. The second-order valence-electron chi connectivity index (χ2n) is 4.35. The number of carbonyl (C=O) groups excluding carboxylic acids is 1. The summed E-state index contributed by atoms with van der Waals surface area (Å²) >= 11 is 0. The van der Waals surface area contributed by atoms with Gasteiger partial charge in [0, 0.05) is 12.0 Å². The normalized spacial score (nSPS) is 15.6. The van der Waals surface area contributed by atoms with E-state index in [1.54, 1.807) is 6.92 Å². The number of amides is 1. The van der Waals surface area contributed by atoms with Gasteiger partial charge in [-0.1, -0.05) is 0 Å². The molecule has 1 aliphatic carbocycles. The standard InChI is InChI=1S/C12H14N2O4/c1-6-5-9(15)10(12(17)18-6)7(2)13-14-11(16)8-3-4-8/h5,8,15H,3-4H2,1-2H3,(H,14,16)/b13-7+. The molecule has 1 aromatic rings. The van der Waals surface area contributed by atoms with Gasteiger partial charge in [-0.25, -0.2) is 10.2 Å². The van der Waals surface area contributed by atoms with Gasteiger partial charge >= 0.3 is 5.63 Å². The average Bonchev–Trinajstić information content (AvgIpc) is 3.07. The molecular formula is C12H14N2O4. The molecule has 0 unspecified atom stereocenters. The molecule has 6 nitrogen and oxygen atoms in total. The van der Waals surface area contributed by atoms with Gasteiger partial charge in [-0.15, -0.1) is 0 Å². The van der Waals surface area contributed by atoms with Crippen LogP contribution in [0.4, 0.5) is 0 Å². The Balaban J connectivity index is 2.22. The summed E-state index contributed by atoms with van der Waals surface area (Å²) in [5.41, 5.74) is 1.88. The summed E-state index contributed by atoms with van der Waals surface area (Å²) in [5.74, 6) is -0.0170. The van der Waals surface area contributed by atoms with E-state index < -0.39 is 5.63 Å². The minimum atomic E-state index is -0.672. The fourth-order valence-electron chi connectivity index (χ4n) is 1.56. The number of nitrogens with zero attached hydrogens (tertiary/aromatic N) is 1. The van der Waals surface area contributed by atoms with Crippen molar-refractivity contribution in [3.8, 4) is 5.75 Å². The van der Waals surface area contributed by atoms with Crippen molar-refractivity contribution < 1.29 is 14.3 Å². The van der Waals surface area contributed by atoms with E-state index in [1.165, 1.54) is 13.0 Å². The van der Waals surface area contributed by atoms with Crippen molar-refractivity contribution in [1.82, 2.24) is 5.43 Å². The molecule has 0 atom stereocenters. The van der Waals surface area contributed by atoms with Crippen LogP contribution in [0.2, 0.25) is 0 Å². The van der Waals surface area contributed by atoms with Gasteiger partial charge in [0.25, 0.3) is 0 Å². The quantitative estimate of drug-likeness (QED) is 0.616. The van der Waals surface area contributed by atoms with Crippen molar-refractivity contribution in [1.29, 1.82) is 0 Å². The lowest BCUT2D eigenvalue weighted by Gasteiger charge is -2.03. The highest BCUT2D eigenvalue weighted by molar-refractivity contribution is 6.01. The average molecular weight is 250 g/mol. The maximum atomic E-state index is 11.6. The predicted molar refractivity (Wildman–Crippen MR) is 64.5 cm³/mol. The molecule has 18 heavy (non-hydrogen) atoms. The Labute approximate surface area is 103 Å². The third-order valence-electron chi connectivity index (χ3n) is 2.70. The Kier molecular flexibility index (Phi) is 3.18. The van der Waals surface area contributed by atoms with Gasteiger partial charge in [0.1, 0.15) is 17.1 Å². The summed E-state index contributed by atoms with van der Waals surface area (Å²) in [5, 5.41) is 13.5. The van der Waals surface area contributed by atoms with Crippen molar-refractivity contribution >= 4 is 11.6 Å². The summed E-state index contributed by atoms with van der Waals surface area (Å²) in [6, 6.07) is 1.33. The van der Waals surface area contributed by atoms with Crippen LogP contribution in [-0.4, -0.2) is 16.7 Å². The van der Waals surface area contributed by atoms with E-state index in [1.807, 2.05) is 0 Å². The number of carbonyl (C=O) groups is 1. The summed E-state index contributed by atoms with van der Waals surface area (Å²) in [6.07, 6.45) is 1.75. The van der Waals surface area contributed by atoms with Crippen LogP contribution in [0.5, 0.6) is 5.75 Å². The van der Waals surface area contributed by atoms with E-state index >= 15 is 0 Å². The van der Waals surface area contributed by atoms with Gasteiger partial charge < -0.3 is 9.52 Å². The van der Waals surface area contributed by atoms with Gasteiger partial charge in [0.05, 0.1) is 5.71 Å². The van der Waals surface area contributed by atoms with Crippen LogP contribution in [-0.2, 0) is 4.79 Å². The maximum Gasteiger partial charge on any atom is 0.348 e. The van der Waals surface area contributed by atoms with Crippen LogP contribution in [0.1, 0.15) is 31.1 Å². The van der Waals surface area contributed by atoms with Crippen LogP contribution >= 0.6 is 0 Å². The number of aromatic hydroxyl groups is 1. The summed E-state index contributed by atoms with van der Waals surface area (Å²) < 4.78 is 4.87. The molecule has 1 heterocycles. The third-order valence-corrected chi connectivity index (χ3v) is 2.70. The van der Waals surface area contributed by atoms with E-state index in [2.05, 4.69) is 10.5 Å². The van der Waals surface area contributed by atoms with Gasteiger partial charge in [-0.2, -0.15) is 5.10 Å². The SMILES string of the molecule is C/C(=N\NC(=O)C1CC1)c1c(O)cc(C)oc1=O. The molecule has 0 aromatic carbocycles. The third kappa shape index (κ3) is 2.58. The molecule has 1 amide bonds. The van der Waals surface area contributed by atoms with Crippen LogP contribution in [0.25, 0.3) is 0 Å². The number of hydrazone groups is 1. The molecule has 1 fully saturated rings. The number of nitrogens with one attached hydrogen (secondary N) is 1. The van der Waals surface area contributed by atoms with Crippen molar-refractivity contribution in [2.24, 2.45) is 11.0 Å². The van der Waals surface area contributed by atoms with E-state index in [-0.39, 0.29) is 28.8 Å². The topological polar surface area (TPSA) is 91.9 Å². The lowest BCUT2D eigenvalue weighted by Crippen LogP contribution is -2.22. The highest BCUT2D eigenvalue weighted by Gasteiger charge is 2.29. The molecule has 0 bridgehead atoms. The first-order valence-electron chi connectivity index (χ1n) is 5.67. The van der Waals surface area contributed by atoms with Crippen molar-refractivity contribution in [2.45, 2.75) is 26.7 Å². The molecule has 2 rings (SSSR count). The Morgan fingerprint density at radius 3 is 2.78 bits per heavy atom. The van der Waals surface area contributed by atoms with Crippen molar-refractivity contribution in [2.75, 3.05) is 0 Å². The Morgan fingerprint density at radius 2 is 2.22 bits per heavy atom. The molecule has 1 saturated carbocycles. The molecule has 2 N–H and O–H groups in total. The molecule has 1 aliphatic rings. The van der Waals surface area contributed by atoms with Gasteiger partial charge in [-0.05, 0) is 26.7 Å². The molecule has 0 spiro atoms. The Bertz CT molecular complexity index is 570. The number of aryl methyl sites for hydroxylation is 1. The first-order chi connectivity index (χ1) is 8.49. The monoisotopic (exact) mass is 250 g/mol. The number of rotatable bonds is 3. The molecule has 6 heteroatoms. The van der Waals surface area contributed by atoms with Crippen molar-refractivity contribution in [3.05, 3.63) is 27.8 Å². The lowest BCUT2D eigenvalue weighted by atomic mass is 10.2. The molecule has 0 saturated heterocycles. The number of hydrogen-bond donors (Lipinski definition) is 2. The molecule has 0 radical (unpaired) electrons. The van der Waals surface area contributed by atoms with Gasteiger partial charge in [0.15, 0.2) is 0 Å². The van der Waals surface area contributed by atoms with E-state index in [0.29, 0.717) is 5.76 Å². The molecule has 0 aliphatic heterocycles. The second kappa shape index (κ2) is 4.64. The minimum absolute atomic E-state index is 0.0308. The van der Waals surface area contributed by atoms with Crippen LogP contribution in [0.15, 0.2) is 20.4 Å². The van der Waals surface area contributed by atoms with E-state index in [0.717, 1.165) is 12.8 Å². The fraction of sp³-hybridized carbons (Fsp3) is 0.417. The molecule has 1 aromatic heterocycles. The zero-order valence-corrected chi connectivity index (χ0v) is 10.2. The van der Waals surface area contributed by atoms with Gasteiger partial charge in [-0.3, -0.25) is 4.79 Å². The van der Waals surface area contributed by atoms with Crippen LogP contribution < -0.4 is 11.1 Å². The Hall–Kier alpha value is -2.11. The first-order valence-corrected chi connectivity index (χ1v) is 5.67. The minimum Gasteiger partial charge on any atom is -0.507 e.